The van der Waals surface area contributed by atoms with Gasteiger partial charge in [0.25, 0.3) is 0 Å². The van der Waals surface area contributed by atoms with Crippen LogP contribution in [0.1, 0.15) is 57.3 Å². The summed E-state index contributed by atoms with van der Waals surface area (Å²) in [5.41, 5.74) is 0.491. The van der Waals surface area contributed by atoms with Crippen LogP contribution >= 0.6 is 0 Å². The first kappa shape index (κ1) is 16.5. The van der Waals surface area contributed by atoms with Gasteiger partial charge in [-0.05, 0) is 38.3 Å². The third kappa shape index (κ3) is 6.04. The van der Waals surface area contributed by atoms with Crippen LogP contribution in [-0.4, -0.2) is 23.6 Å². The fraction of sp³-hybridized carbons (Fsp3) is 0.625. The minimum atomic E-state index is -0.323. The van der Waals surface area contributed by atoms with Crippen molar-refractivity contribution in [3.63, 3.8) is 0 Å². The summed E-state index contributed by atoms with van der Waals surface area (Å²) >= 11 is 0. The fourth-order valence-corrected chi connectivity index (χ4v) is 1.97. The molecule has 1 aromatic heterocycles. The molecule has 1 atom stereocenters. The summed E-state index contributed by atoms with van der Waals surface area (Å²) in [5.74, 6) is 1.23. The molecule has 0 aliphatic rings. The summed E-state index contributed by atoms with van der Waals surface area (Å²) in [5, 5.41) is 3.35. The smallest absolute Gasteiger partial charge is 0.339 e. The zero-order valence-corrected chi connectivity index (χ0v) is 13.0. The van der Waals surface area contributed by atoms with Crippen molar-refractivity contribution in [3.05, 3.63) is 23.9 Å². The first-order valence-corrected chi connectivity index (χ1v) is 7.42. The number of nitrogens with zero attached hydrogens (tertiary/aromatic N) is 1. The Morgan fingerprint density at radius 1 is 1.30 bits per heavy atom. The Bertz CT molecular complexity index is 401. The second kappa shape index (κ2) is 8.56. The summed E-state index contributed by atoms with van der Waals surface area (Å²) in [6.45, 7) is 8.81. The van der Waals surface area contributed by atoms with E-state index in [2.05, 4.69) is 31.1 Å². The van der Waals surface area contributed by atoms with Crippen LogP contribution in [0.3, 0.4) is 0 Å². The summed E-state index contributed by atoms with van der Waals surface area (Å²) in [4.78, 5) is 15.8. The summed E-state index contributed by atoms with van der Waals surface area (Å²) in [6.07, 6.45) is 5.15. The van der Waals surface area contributed by atoms with E-state index in [1.807, 2.05) is 6.07 Å². The maximum atomic E-state index is 11.5. The molecular weight excluding hydrogens is 252 g/mol. The van der Waals surface area contributed by atoms with Crippen LogP contribution in [0.2, 0.25) is 0 Å². The highest BCUT2D eigenvalue weighted by Gasteiger charge is 2.08. The number of carbonyl (C=O) groups excluding carboxylic acids is 1. The van der Waals surface area contributed by atoms with Gasteiger partial charge in [0.05, 0.1) is 12.2 Å². The number of esters is 1. The maximum Gasteiger partial charge on any atom is 0.339 e. The van der Waals surface area contributed by atoms with E-state index in [1.54, 1.807) is 19.2 Å². The molecule has 4 nitrogen and oxygen atoms in total. The minimum absolute atomic E-state index is 0.323. The van der Waals surface area contributed by atoms with Crippen molar-refractivity contribution in [1.29, 1.82) is 0 Å². The molecule has 0 aromatic carbocycles. The zero-order valence-electron chi connectivity index (χ0n) is 13.0. The molecule has 1 heterocycles. The highest BCUT2D eigenvalue weighted by atomic mass is 16.5. The Morgan fingerprint density at radius 2 is 2.05 bits per heavy atom. The number of carbonyl (C=O) groups is 1. The molecule has 1 unspecified atom stereocenters. The van der Waals surface area contributed by atoms with Crippen molar-refractivity contribution >= 4 is 11.8 Å². The Hall–Kier alpha value is -1.58. The van der Waals surface area contributed by atoms with Gasteiger partial charge in [-0.15, -0.1) is 0 Å². The summed E-state index contributed by atoms with van der Waals surface area (Å²) in [7, 11) is 0. The Labute approximate surface area is 121 Å². The average Bonchev–Trinajstić information content (AvgIpc) is 2.39. The molecule has 20 heavy (non-hydrogen) atoms. The number of hydrogen-bond acceptors (Lipinski definition) is 4. The third-order valence-electron chi connectivity index (χ3n) is 3.09. The van der Waals surface area contributed by atoms with E-state index in [4.69, 9.17) is 4.74 Å². The van der Waals surface area contributed by atoms with Gasteiger partial charge in [-0.1, -0.05) is 26.7 Å². The van der Waals surface area contributed by atoms with Gasteiger partial charge >= 0.3 is 5.97 Å². The molecule has 0 aliphatic heterocycles. The molecule has 0 amide bonds. The second-order valence-corrected chi connectivity index (χ2v) is 5.52. The van der Waals surface area contributed by atoms with Crippen LogP contribution in [0.4, 0.5) is 5.82 Å². The van der Waals surface area contributed by atoms with E-state index >= 15 is 0 Å². The number of anilines is 1. The molecule has 112 valence electrons. The Kier molecular flexibility index (Phi) is 7.05. The number of rotatable bonds is 8. The van der Waals surface area contributed by atoms with Gasteiger partial charge in [0.1, 0.15) is 5.82 Å². The molecule has 1 aromatic rings. The molecule has 0 fully saturated rings. The van der Waals surface area contributed by atoms with E-state index in [-0.39, 0.29) is 5.97 Å². The molecule has 0 saturated carbocycles. The van der Waals surface area contributed by atoms with Crippen LogP contribution in [0.5, 0.6) is 0 Å². The Morgan fingerprint density at radius 3 is 2.60 bits per heavy atom. The maximum absolute atomic E-state index is 11.5. The highest BCUT2D eigenvalue weighted by molar-refractivity contribution is 5.89. The zero-order chi connectivity index (χ0) is 15.0. The lowest BCUT2D eigenvalue weighted by Gasteiger charge is -2.15. The minimum Gasteiger partial charge on any atom is -0.462 e. The van der Waals surface area contributed by atoms with Gasteiger partial charge in [0.2, 0.25) is 0 Å². The summed E-state index contributed by atoms with van der Waals surface area (Å²) < 4.78 is 4.93. The van der Waals surface area contributed by atoms with Crippen LogP contribution in [0.25, 0.3) is 0 Å². The number of hydrogen-bond donors (Lipinski definition) is 1. The number of ether oxygens (including phenoxy) is 1. The van der Waals surface area contributed by atoms with Gasteiger partial charge in [0, 0.05) is 12.2 Å². The van der Waals surface area contributed by atoms with E-state index in [0.717, 1.165) is 18.2 Å². The van der Waals surface area contributed by atoms with E-state index < -0.39 is 0 Å². The quantitative estimate of drug-likeness (QED) is 0.733. The highest BCUT2D eigenvalue weighted by Crippen LogP contribution is 2.12. The topological polar surface area (TPSA) is 51.2 Å². The van der Waals surface area contributed by atoms with E-state index in [0.29, 0.717) is 18.2 Å². The standard InChI is InChI=1S/C16H26N2O2/c1-5-20-16(19)14-9-10-15(17-11-14)18-13(4)8-6-7-12(2)3/h9-13H,5-8H2,1-4H3,(H,17,18). The summed E-state index contributed by atoms with van der Waals surface area (Å²) in [6, 6.07) is 3.95. The molecule has 1 N–H and O–H groups in total. The number of aromatic nitrogens is 1. The molecule has 4 heteroatoms. The predicted octanol–water partition coefficient (Wildman–Crippen LogP) is 3.89. The molecule has 0 bridgehead atoms. The van der Waals surface area contributed by atoms with Gasteiger partial charge < -0.3 is 10.1 Å². The van der Waals surface area contributed by atoms with Gasteiger partial charge in [-0.25, -0.2) is 9.78 Å². The van der Waals surface area contributed by atoms with E-state index in [1.165, 1.54) is 12.8 Å². The third-order valence-corrected chi connectivity index (χ3v) is 3.09. The van der Waals surface area contributed by atoms with Crippen molar-refractivity contribution in [3.8, 4) is 0 Å². The molecule has 0 aliphatic carbocycles. The lowest BCUT2D eigenvalue weighted by molar-refractivity contribution is 0.0526. The van der Waals surface area contributed by atoms with E-state index in [9.17, 15) is 4.79 Å². The largest absolute Gasteiger partial charge is 0.462 e. The van der Waals surface area contributed by atoms with Crippen LogP contribution in [0, 0.1) is 5.92 Å². The van der Waals surface area contributed by atoms with Crippen molar-refractivity contribution in [2.24, 2.45) is 5.92 Å². The number of pyridine rings is 1. The van der Waals surface area contributed by atoms with Crippen molar-refractivity contribution in [2.75, 3.05) is 11.9 Å². The lowest BCUT2D eigenvalue weighted by atomic mass is 10.0. The first-order chi connectivity index (χ1) is 9.52. The normalized spacial score (nSPS) is 12.2. The molecule has 0 saturated heterocycles. The average molecular weight is 278 g/mol. The monoisotopic (exact) mass is 278 g/mol. The van der Waals surface area contributed by atoms with Crippen molar-refractivity contribution in [2.45, 2.75) is 53.0 Å². The van der Waals surface area contributed by atoms with Gasteiger partial charge in [0.15, 0.2) is 0 Å². The van der Waals surface area contributed by atoms with Gasteiger partial charge in [-0.2, -0.15) is 0 Å². The second-order valence-electron chi connectivity index (χ2n) is 5.52. The Balaban J connectivity index is 2.42. The van der Waals surface area contributed by atoms with Crippen LogP contribution in [0.15, 0.2) is 18.3 Å². The molecule has 0 radical (unpaired) electrons. The first-order valence-electron chi connectivity index (χ1n) is 7.42. The van der Waals surface area contributed by atoms with Gasteiger partial charge in [-0.3, -0.25) is 0 Å². The van der Waals surface area contributed by atoms with Crippen LogP contribution < -0.4 is 5.32 Å². The fourth-order valence-electron chi connectivity index (χ4n) is 1.97. The van der Waals surface area contributed by atoms with Crippen molar-refractivity contribution in [1.82, 2.24) is 4.98 Å². The molecule has 1 rings (SSSR count). The molecule has 0 spiro atoms. The lowest BCUT2D eigenvalue weighted by Crippen LogP contribution is -2.16. The van der Waals surface area contributed by atoms with Crippen LogP contribution in [-0.2, 0) is 4.74 Å². The predicted molar refractivity (Wildman–Crippen MR) is 82.0 cm³/mol. The molecular formula is C16H26N2O2. The van der Waals surface area contributed by atoms with Crippen molar-refractivity contribution < 1.29 is 9.53 Å². The number of nitrogens with one attached hydrogen (secondary N) is 1. The SMILES string of the molecule is CCOC(=O)c1ccc(NC(C)CCCC(C)C)nc1.